The molecular formula is C18H21ClN4. The molecule has 2 N–H and O–H groups in total. The summed E-state index contributed by atoms with van der Waals surface area (Å²) < 4.78 is 0. The molecule has 0 unspecified atom stereocenters. The van der Waals surface area contributed by atoms with Crippen LogP contribution in [0.3, 0.4) is 0 Å². The summed E-state index contributed by atoms with van der Waals surface area (Å²) in [5.74, 6) is 0. The first-order valence-corrected chi connectivity index (χ1v) is 8.28. The lowest BCUT2D eigenvalue weighted by atomic mass is 9.96. The van der Waals surface area contributed by atoms with Crippen molar-refractivity contribution in [2.45, 2.75) is 19.8 Å². The monoisotopic (exact) mass is 328 g/mol. The third-order valence-electron chi connectivity index (χ3n) is 4.16. The van der Waals surface area contributed by atoms with Crippen molar-refractivity contribution < 1.29 is 0 Å². The maximum atomic E-state index is 5.93. The van der Waals surface area contributed by atoms with E-state index in [1.165, 1.54) is 23.3 Å². The Bertz CT molecular complexity index is 780. The molecule has 0 spiro atoms. The molecule has 2 heterocycles. The van der Waals surface area contributed by atoms with Gasteiger partial charge in [-0.3, -0.25) is 0 Å². The third-order valence-corrected chi connectivity index (χ3v) is 4.34. The van der Waals surface area contributed by atoms with Gasteiger partial charge in [0.25, 0.3) is 0 Å². The van der Waals surface area contributed by atoms with Gasteiger partial charge in [0.2, 0.25) is 5.28 Å². The highest BCUT2D eigenvalue weighted by atomic mass is 35.5. The molecule has 1 aliphatic rings. The Labute approximate surface area is 141 Å². The Kier molecular flexibility index (Phi) is 4.94. The largest absolute Gasteiger partial charge is 0.385 e. The SMILES string of the molecule is CNC/C(=C(/C)C1=CCCCN1)c1ccc2cnc(Cl)nc2c1. The van der Waals surface area contributed by atoms with Crippen LogP contribution in [0, 0.1) is 0 Å². The molecule has 1 aromatic carbocycles. The lowest BCUT2D eigenvalue weighted by Gasteiger charge is -2.20. The molecule has 2 aromatic rings. The van der Waals surface area contributed by atoms with Crippen LogP contribution in [-0.2, 0) is 0 Å². The van der Waals surface area contributed by atoms with E-state index in [2.05, 4.69) is 45.7 Å². The highest BCUT2D eigenvalue weighted by molar-refractivity contribution is 6.28. The lowest BCUT2D eigenvalue weighted by molar-refractivity contribution is 0.695. The predicted molar refractivity (Wildman–Crippen MR) is 96.4 cm³/mol. The van der Waals surface area contributed by atoms with Crippen LogP contribution in [-0.4, -0.2) is 30.1 Å². The quantitative estimate of drug-likeness (QED) is 0.843. The minimum absolute atomic E-state index is 0.280. The predicted octanol–water partition coefficient (Wildman–Crippen LogP) is 3.54. The van der Waals surface area contributed by atoms with Crippen molar-refractivity contribution in [3.05, 3.63) is 52.6 Å². The number of hydrogen-bond donors (Lipinski definition) is 2. The number of halogens is 1. The second-order valence-electron chi connectivity index (χ2n) is 5.73. The van der Waals surface area contributed by atoms with Crippen LogP contribution in [0.1, 0.15) is 25.3 Å². The van der Waals surface area contributed by atoms with E-state index in [0.717, 1.165) is 36.0 Å². The summed E-state index contributed by atoms with van der Waals surface area (Å²) in [4.78, 5) is 8.37. The van der Waals surface area contributed by atoms with Crippen molar-refractivity contribution in [2.24, 2.45) is 0 Å². The number of nitrogens with zero attached hydrogens (tertiary/aromatic N) is 2. The van der Waals surface area contributed by atoms with Gasteiger partial charge >= 0.3 is 0 Å². The fourth-order valence-corrected chi connectivity index (χ4v) is 3.05. The van der Waals surface area contributed by atoms with Crippen LogP contribution in [0.4, 0.5) is 0 Å². The molecule has 3 rings (SSSR count). The standard InChI is InChI=1S/C18H21ClN4/c1-12(16-5-3-4-8-21-16)15(11-20-2)13-6-7-14-10-22-18(19)23-17(14)9-13/h5-7,9-10,20-21H,3-4,8,11H2,1-2H3/b15-12+. The lowest BCUT2D eigenvalue weighted by Crippen LogP contribution is -2.21. The van der Waals surface area contributed by atoms with Crippen molar-refractivity contribution in [1.82, 2.24) is 20.6 Å². The first kappa shape index (κ1) is 16.0. The molecule has 0 saturated carbocycles. The molecule has 4 nitrogen and oxygen atoms in total. The summed E-state index contributed by atoms with van der Waals surface area (Å²) in [6.45, 7) is 4.01. The summed E-state index contributed by atoms with van der Waals surface area (Å²) in [5.41, 5.74) is 5.81. The van der Waals surface area contributed by atoms with Gasteiger partial charge in [0.15, 0.2) is 0 Å². The normalized spacial score (nSPS) is 15.9. The van der Waals surface area contributed by atoms with Crippen molar-refractivity contribution in [3.63, 3.8) is 0 Å². The van der Waals surface area contributed by atoms with E-state index >= 15 is 0 Å². The molecule has 1 aromatic heterocycles. The van der Waals surface area contributed by atoms with Gasteiger partial charge in [0.05, 0.1) is 5.52 Å². The molecule has 0 aliphatic carbocycles. The summed E-state index contributed by atoms with van der Waals surface area (Å²) in [6, 6.07) is 6.26. The van der Waals surface area contributed by atoms with Crippen molar-refractivity contribution in [1.29, 1.82) is 0 Å². The number of likely N-dealkylation sites (N-methyl/N-ethyl adjacent to an activating group) is 1. The van der Waals surface area contributed by atoms with Crippen LogP contribution in [0.15, 0.2) is 41.7 Å². The first-order chi connectivity index (χ1) is 11.2. The number of rotatable bonds is 4. The highest BCUT2D eigenvalue weighted by Gasteiger charge is 2.12. The molecule has 0 bridgehead atoms. The number of nitrogens with one attached hydrogen (secondary N) is 2. The van der Waals surface area contributed by atoms with Gasteiger partial charge in [-0.2, -0.15) is 0 Å². The minimum atomic E-state index is 0.280. The summed E-state index contributed by atoms with van der Waals surface area (Å²) in [7, 11) is 1.97. The highest BCUT2D eigenvalue weighted by Crippen LogP contribution is 2.26. The van der Waals surface area contributed by atoms with Crippen molar-refractivity contribution in [3.8, 4) is 0 Å². The van der Waals surface area contributed by atoms with Gasteiger partial charge in [-0.05, 0) is 61.2 Å². The number of benzene rings is 1. The first-order valence-electron chi connectivity index (χ1n) is 7.90. The topological polar surface area (TPSA) is 49.8 Å². The van der Waals surface area contributed by atoms with E-state index in [1.54, 1.807) is 6.20 Å². The molecule has 0 fully saturated rings. The Morgan fingerprint density at radius 3 is 3.00 bits per heavy atom. The number of hydrogen-bond acceptors (Lipinski definition) is 4. The Hall–Kier alpha value is -1.91. The van der Waals surface area contributed by atoms with Crippen molar-refractivity contribution >= 4 is 28.1 Å². The summed E-state index contributed by atoms with van der Waals surface area (Å²) >= 11 is 5.93. The van der Waals surface area contributed by atoms with Crippen LogP contribution in [0.5, 0.6) is 0 Å². The van der Waals surface area contributed by atoms with Gasteiger partial charge in [-0.25, -0.2) is 9.97 Å². The number of fused-ring (bicyclic) bond motifs is 1. The number of aromatic nitrogens is 2. The molecule has 0 atom stereocenters. The van der Waals surface area contributed by atoms with Gasteiger partial charge in [0, 0.05) is 30.4 Å². The molecule has 0 radical (unpaired) electrons. The van der Waals surface area contributed by atoms with Gasteiger partial charge < -0.3 is 10.6 Å². The van der Waals surface area contributed by atoms with Crippen molar-refractivity contribution in [2.75, 3.05) is 20.1 Å². The van der Waals surface area contributed by atoms with E-state index in [4.69, 9.17) is 11.6 Å². The molecule has 23 heavy (non-hydrogen) atoms. The van der Waals surface area contributed by atoms with Gasteiger partial charge in [0.1, 0.15) is 0 Å². The fourth-order valence-electron chi connectivity index (χ4n) is 2.91. The zero-order chi connectivity index (χ0) is 16.2. The van der Waals surface area contributed by atoms with Gasteiger partial charge in [-0.15, -0.1) is 0 Å². The average Bonchev–Trinajstić information content (AvgIpc) is 2.59. The van der Waals surface area contributed by atoms with E-state index < -0.39 is 0 Å². The second-order valence-corrected chi connectivity index (χ2v) is 6.07. The average molecular weight is 329 g/mol. The van der Waals surface area contributed by atoms with Crippen LogP contribution in [0.2, 0.25) is 5.28 Å². The zero-order valence-corrected chi connectivity index (χ0v) is 14.2. The van der Waals surface area contributed by atoms with Crippen LogP contribution < -0.4 is 10.6 Å². The molecule has 120 valence electrons. The Morgan fingerprint density at radius 2 is 2.26 bits per heavy atom. The fraction of sp³-hybridized carbons (Fsp3) is 0.333. The summed E-state index contributed by atoms with van der Waals surface area (Å²) in [6.07, 6.45) is 6.37. The maximum absolute atomic E-state index is 5.93. The number of allylic oxidation sites excluding steroid dienone is 2. The third kappa shape index (κ3) is 3.54. The minimum Gasteiger partial charge on any atom is -0.385 e. The molecule has 1 aliphatic heterocycles. The van der Waals surface area contributed by atoms with E-state index in [0.29, 0.717) is 0 Å². The van der Waals surface area contributed by atoms with Crippen LogP contribution >= 0.6 is 11.6 Å². The molecule has 0 saturated heterocycles. The van der Waals surface area contributed by atoms with E-state index in [1.807, 2.05) is 13.1 Å². The maximum Gasteiger partial charge on any atom is 0.222 e. The molecular weight excluding hydrogens is 308 g/mol. The van der Waals surface area contributed by atoms with Crippen LogP contribution in [0.25, 0.3) is 16.5 Å². The summed E-state index contributed by atoms with van der Waals surface area (Å²) in [5, 5.41) is 8.05. The smallest absolute Gasteiger partial charge is 0.222 e. The van der Waals surface area contributed by atoms with E-state index in [-0.39, 0.29) is 5.28 Å². The van der Waals surface area contributed by atoms with Gasteiger partial charge in [-0.1, -0.05) is 18.2 Å². The van der Waals surface area contributed by atoms with E-state index in [9.17, 15) is 0 Å². The second kappa shape index (κ2) is 7.11. The Balaban J connectivity index is 2.08. The Morgan fingerprint density at radius 1 is 1.39 bits per heavy atom. The zero-order valence-electron chi connectivity index (χ0n) is 13.5. The molecule has 5 heteroatoms. The molecule has 0 amide bonds.